The van der Waals surface area contributed by atoms with Crippen molar-refractivity contribution < 1.29 is 8.94 Å². The van der Waals surface area contributed by atoms with E-state index in [4.69, 9.17) is 8.94 Å². The third-order valence-corrected chi connectivity index (χ3v) is 4.05. The molecule has 0 aromatic carbocycles. The van der Waals surface area contributed by atoms with E-state index in [2.05, 4.69) is 20.3 Å². The van der Waals surface area contributed by atoms with Gasteiger partial charge in [0.1, 0.15) is 5.51 Å². The van der Waals surface area contributed by atoms with Crippen molar-refractivity contribution in [2.75, 3.05) is 0 Å². The minimum absolute atomic E-state index is 0.0224. The number of furan rings is 1. The van der Waals surface area contributed by atoms with Crippen LogP contribution in [0, 0.1) is 0 Å². The molecule has 0 saturated carbocycles. The molecule has 1 atom stereocenters. The number of nitrogens with zero attached hydrogens (tertiary/aromatic N) is 4. The van der Waals surface area contributed by atoms with Crippen LogP contribution in [-0.2, 0) is 0 Å². The Balaban J connectivity index is 1.77. The highest BCUT2D eigenvalue weighted by Gasteiger charge is 2.18. The largest absolute Gasteiger partial charge is 0.461 e. The normalized spacial score (nSPS) is 12.7. The highest BCUT2D eigenvalue weighted by Crippen LogP contribution is 2.35. The lowest BCUT2D eigenvalue weighted by Crippen LogP contribution is -1.88. The Bertz CT molecular complexity index is 606. The predicted octanol–water partition coefficient (Wildman–Crippen LogP) is 3.03. The number of hydrogen-bond donors (Lipinski definition) is 0. The van der Waals surface area contributed by atoms with Gasteiger partial charge in [0.25, 0.3) is 0 Å². The average molecular weight is 280 g/mol. The SMILES string of the molecule is C[C@@H](Sc1nncs1)c1nc(-c2ccco2)no1. The van der Waals surface area contributed by atoms with Crippen molar-refractivity contribution >= 4 is 23.1 Å². The maximum atomic E-state index is 5.21. The molecule has 3 rings (SSSR count). The topological polar surface area (TPSA) is 77.8 Å². The van der Waals surface area contributed by atoms with E-state index >= 15 is 0 Å². The second-order valence-corrected chi connectivity index (χ2v) is 5.82. The van der Waals surface area contributed by atoms with Gasteiger partial charge in [0.15, 0.2) is 10.1 Å². The van der Waals surface area contributed by atoms with Crippen LogP contribution in [0.15, 0.2) is 37.2 Å². The molecule has 6 nitrogen and oxygen atoms in total. The average Bonchev–Trinajstić information content (AvgIpc) is 3.11. The lowest BCUT2D eigenvalue weighted by atomic mass is 10.4. The molecule has 18 heavy (non-hydrogen) atoms. The molecule has 0 fully saturated rings. The maximum absolute atomic E-state index is 5.21. The van der Waals surface area contributed by atoms with Crippen molar-refractivity contribution in [3.8, 4) is 11.6 Å². The summed E-state index contributed by atoms with van der Waals surface area (Å²) in [6.07, 6.45) is 1.57. The second-order valence-electron chi connectivity index (χ2n) is 3.40. The van der Waals surface area contributed by atoms with Crippen LogP contribution in [-0.4, -0.2) is 20.3 Å². The minimum atomic E-state index is 0.0224. The Morgan fingerprint density at radius 1 is 1.44 bits per heavy atom. The molecule has 0 aliphatic heterocycles. The van der Waals surface area contributed by atoms with Crippen LogP contribution in [0.4, 0.5) is 0 Å². The summed E-state index contributed by atoms with van der Waals surface area (Å²) in [5.74, 6) is 1.60. The smallest absolute Gasteiger partial charge is 0.240 e. The first-order valence-electron chi connectivity index (χ1n) is 5.13. The van der Waals surface area contributed by atoms with Gasteiger partial charge < -0.3 is 8.94 Å². The molecule has 0 bridgehead atoms. The summed E-state index contributed by atoms with van der Waals surface area (Å²) in [5.41, 5.74) is 1.69. The van der Waals surface area contributed by atoms with Gasteiger partial charge in [-0.1, -0.05) is 28.3 Å². The molecule has 0 N–H and O–H groups in total. The summed E-state index contributed by atoms with van der Waals surface area (Å²) in [6.45, 7) is 1.98. The van der Waals surface area contributed by atoms with Crippen LogP contribution in [0.2, 0.25) is 0 Å². The Labute approximate surface area is 110 Å². The van der Waals surface area contributed by atoms with E-state index in [1.165, 1.54) is 23.1 Å². The van der Waals surface area contributed by atoms with Crippen molar-refractivity contribution in [2.24, 2.45) is 0 Å². The van der Waals surface area contributed by atoms with Crippen molar-refractivity contribution in [2.45, 2.75) is 16.5 Å². The number of rotatable bonds is 4. The molecular formula is C10H8N4O2S2. The zero-order valence-electron chi connectivity index (χ0n) is 9.31. The Hall–Kier alpha value is -1.67. The zero-order chi connectivity index (χ0) is 12.4. The zero-order valence-corrected chi connectivity index (χ0v) is 10.9. The van der Waals surface area contributed by atoms with Gasteiger partial charge in [-0.25, -0.2) is 0 Å². The van der Waals surface area contributed by atoms with Crippen molar-refractivity contribution in [1.29, 1.82) is 0 Å². The Morgan fingerprint density at radius 3 is 3.11 bits per heavy atom. The molecule has 3 heterocycles. The first kappa shape index (κ1) is 11.4. The molecule has 3 aromatic rings. The van der Waals surface area contributed by atoms with Crippen LogP contribution in [0.1, 0.15) is 18.1 Å². The molecule has 0 aliphatic rings. The van der Waals surface area contributed by atoms with Crippen LogP contribution >= 0.6 is 23.1 Å². The molecule has 3 aromatic heterocycles. The maximum Gasteiger partial charge on any atom is 0.240 e. The van der Waals surface area contributed by atoms with Gasteiger partial charge in [-0.15, -0.1) is 10.2 Å². The van der Waals surface area contributed by atoms with Gasteiger partial charge >= 0.3 is 0 Å². The minimum Gasteiger partial charge on any atom is -0.461 e. The summed E-state index contributed by atoms with van der Waals surface area (Å²) in [4.78, 5) is 4.30. The monoisotopic (exact) mass is 280 g/mol. The van der Waals surface area contributed by atoms with Gasteiger partial charge in [-0.05, 0) is 19.1 Å². The van der Waals surface area contributed by atoms with Gasteiger partial charge in [0, 0.05) is 0 Å². The fourth-order valence-corrected chi connectivity index (χ4v) is 2.98. The van der Waals surface area contributed by atoms with Gasteiger partial charge in [-0.2, -0.15) is 4.98 Å². The summed E-state index contributed by atoms with van der Waals surface area (Å²) >= 11 is 3.01. The molecule has 0 amide bonds. The summed E-state index contributed by atoms with van der Waals surface area (Å²) in [7, 11) is 0. The molecule has 0 radical (unpaired) electrons. The van der Waals surface area contributed by atoms with Gasteiger partial charge in [-0.3, -0.25) is 0 Å². The quantitative estimate of drug-likeness (QED) is 0.679. The Morgan fingerprint density at radius 2 is 2.39 bits per heavy atom. The fourth-order valence-electron chi connectivity index (χ4n) is 1.32. The van der Waals surface area contributed by atoms with Crippen molar-refractivity contribution in [1.82, 2.24) is 20.3 Å². The van der Waals surface area contributed by atoms with E-state index in [0.29, 0.717) is 17.5 Å². The standard InChI is InChI=1S/C10H8N4O2S2/c1-6(18-10-13-11-5-17-10)9-12-8(14-16-9)7-3-2-4-15-7/h2-6H,1H3/t6-/m1/s1. The number of thioether (sulfide) groups is 1. The van der Waals surface area contributed by atoms with E-state index < -0.39 is 0 Å². The van der Waals surface area contributed by atoms with E-state index in [1.807, 2.05) is 6.92 Å². The van der Waals surface area contributed by atoms with Crippen molar-refractivity contribution in [3.63, 3.8) is 0 Å². The summed E-state index contributed by atoms with van der Waals surface area (Å²) in [5, 5.41) is 11.6. The number of hydrogen-bond acceptors (Lipinski definition) is 8. The second kappa shape index (κ2) is 4.91. The van der Waals surface area contributed by atoms with Gasteiger partial charge in [0.05, 0.1) is 11.5 Å². The predicted molar refractivity (Wildman–Crippen MR) is 66.2 cm³/mol. The first-order valence-corrected chi connectivity index (χ1v) is 6.89. The van der Waals surface area contributed by atoms with Crippen LogP contribution in [0.5, 0.6) is 0 Å². The van der Waals surface area contributed by atoms with Gasteiger partial charge in [0.2, 0.25) is 11.7 Å². The molecule has 0 aliphatic carbocycles. The molecule has 8 heteroatoms. The molecule has 92 valence electrons. The van der Waals surface area contributed by atoms with E-state index in [-0.39, 0.29) is 5.25 Å². The summed E-state index contributed by atoms with van der Waals surface area (Å²) in [6, 6.07) is 3.57. The highest BCUT2D eigenvalue weighted by molar-refractivity contribution is 8.01. The fraction of sp³-hybridized carbons (Fsp3) is 0.200. The molecular weight excluding hydrogens is 272 g/mol. The van der Waals surface area contributed by atoms with Crippen LogP contribution < -0.4 is 0 Å². The number of aromatic nitrogens is 4. The molecule has 0 unspecified atom stereocenters. The third-order valence-electron chi connectivity index (χ3n) is 2.15. The van der Waals surface area contributed by atoms with Crippen LogP contribution in [0.25, 0.3) is 11.6 Å². The van der Waals surface area contributed by atoms with E-state index in [9.17, 15) is 0 Å². The third kappa shape index (κ3) is 2.29. The van der Waals surface area contributed by atoms with Crippen molar-refractivity contribution in [3.05, 3.63) is 29.8 Å². The van der Waals surface area contributed by atoms with E-state index in [1.54, 1.807) is 23.9 Å². The lowest BCUT2D eigenvalue weighted by molar-refractivity contribution is 0.379. The Kier molecular flexibility index (Phi) is 3.11. The lowest BCUT2D eigenvalue weighted by Gasteiger charge is -2.00. The summed E-state index contributed by atoms with van der Waals surface area (Å²) < 4.78 is 11.3. The van der Waals surface area contributed by atoms with Crippen LogP contribution in [0.3, 0.4) is 0 Å². The van der Waals surface area contributed by atoms with E-state index in [0.717, 1.165) is 4.34 Å². The molecule has 0 saturated heterocycles. The first-order chi connectivity index (χ1) is 8.83. The molecule has 0 spiro atoms. The highest BCUT2D eigenvalue weighted by atomic mass is 32.2.